The van der Waals surface area contributed by atoms with E-state index in [1.807, 2.05) is 17.5 Å². The van der Waals surface area contributed by atoms with E-state index in [1.54, 1.807) is 0 Å². The third-order valence-electron chi connectivity index (χ3n) is 10.1. The molecule has 10 rings (SSSR count). The van der Waals surface area contributed by atoms with Crippen molar-refractivity contribution in [1.29, 1.82) is 0 Å². The molecule has 9 aromatic rings. The van der Waals surface area contributed by atoms with Crippen molar-refractivity contribution in [2.75, 3.05) is 0 Å². The van der Waals surface area contributed by atoms with Gasteiger partial charge >= 0.3 is 0 Å². The molecule has 1 aliphatic carbocycles. The predicted octanol–water partition coefficient (Wildman–Crippen LogP) is 12.5. The van der Waals surface area contributed by atoms with Gasteiger partial charge in [0.2, 0.25) is 0 Å². The summed E-state index contributed by atoms with van der Waals surface area (Å²) in [5, 5.41) is 6.03. The molecule has 0 bridgehead atoms. The lowest BCUT2D eigenvalue weighted by Gasteiger charge is -2.18. The number of hydrogen-bond donors (Lipinski definition) is 0. The Morgan fingerprint density at radius 3 is 1.96 bits per heavy atom. The van der Waals surface area contributed by atoms with Crippen molar-refractivity contribution in [3.05, 3.63) is 174 Å². The van der Waals surface area contributed by atoms with Gasteiger partial charge in [0.1, 0.15) is 0 Å². The second-order valence-electron chi connectivity index (χ2n) is 12.9. The van der Waals surface area contributed by atoms with Crippen LogP contribution >= 0.6 is 11.3 Å². The number of allylic oxidation sites excluding steroid dienone is 1. The first kappa shape index (κ1) is 28.1. The Kier molecular flexibility index (Phi) is 6.53. The van der Waals surface area contributed by atoms with Crippen LogP contribution in [0, 0.1) is 0 Å². The molecule has 1 atom stereocenters. The molecule has 2 heterocycles. The van der Waals surface area contributed by atoms with Gasteiger partial charge in [0.05, 0.1) is 22.9 Å². The lowest BCUT2D eigenvalue weighted by Crippen LogP contribution is -2.03. The molecule has 1 unspecified atom stereocenters. The van der Waals surface area contributed by atoms with Crippen LogP contribution in [-0.2, 0) is 6.42 Å². The van der Waals surface area contributed by atoms with Gasteiger partial charge in [0, 0.05) is 37.4 Å². The van der Waals surface area contributed by atoms with Crippen molar-refractivity contribution in [1.82, 2.24) is 9.97 Å². The molecule has 0 saturated heterocycles. The molecule has 0 amide bonds. The van der Waals surface area contributed by atoms with E-state index in [2.05, 4.69) is 158 Å². The number of nitrogens with zero attached hydrogens (tertiary/aromatic N) is 2. The smallest absolute Gasteiger partial charge is 0.0979 e. The van der Waals surface area contributed by atoms with Crippen molar-refractivity contribution < 1.29 is 0 Å². The molecule has 2 nitrogen and oxygen atoms in total. The van der Waals surface area contributed by atoms with Crippen LogP contribution in [0.25, 0.3) is 82.3 Å². The second kappa shape index (κ2) is 11.4. The maximum Gasteiger partial charge on any atom is 0.0979 e. The summed E-state index contributed by atoms with van der Waals surface area (Å²) in [6.45, 7) is 0. The fourth-order valence-corrected chi connectivity index (χ4v) is 8.91. The molecule has 0 aliphatic heterocycles. The summed E-state index contributed by atoms with van der Waals surface area (Å²) in [6, 6.07) is 52.4. The number of fused-ring (bicyclic) bond motifs is 9. The zero-order chi connectivity index (χ0) is 32.3. The van der Waals surface area contributed by atoms with E-state index >= 15 is 0 Å². The van der Waals surface area contributed by atoms with Gasteiger partial charge < -0.3 is 0 Å². The maximum atomic E-state index is 5.31. The summed E-state index contributed by atoms with van der Waals surface area (Å²) < 4.78 is 1.34. The van der Waals surface area contributed by atoms with Crippen LogP contribution in [0.5, 0.6) is 0 Å². The number of aromatic nitrogens is 2. The first-order valence-electron chi connectivity index (χ1n) is 16.8. The molecule has 230 valence electrons. The quantitative estimate of drug-likeness (QED) is 0.179. The number of hydrogen-bond acceptors (Lipinski definition) is 3. The van der Waals surface area contributed by atoms with Crippen LogP contribution in [0.4, 0.5) is 0 Å². The van der Waals surface area contributed by atoms with Gasteiger partial charge in [0.15, 0.2) is 0 Å². The molecule has 0 spiro atoms. The van der Waals surface area contributed by atoms with Crippen molar-refractivity contribution in [3.8, 4) is 33.5 Å². The molecule has 0 N–H and O–H groups in total. The SMILES string of the molecule is C1=CC(c2ccccc2)Cc2c1sc1c(-c3cccc(-c4cnc5c6ccccc6c6ccccc6c5n4)c3)cc(-c3ccccc3)cc21. The average Bonchev–Trinajstić information content (AvgIpc) is 3.56. The topological polar surface area (TPSA) is 25.8 Å². The molecule has 7 aromatic carbocycles. The Balaban J connectivity index is 1.15. The van der Waals surface area contributed by atoms with E-state index in [4.69, 9.17) is 9.97 Å². The maximum absolute atomic E-state index is 5.31. The number of rotatable bonds is 4. The molecule has 1 aliphatic rings. The van der Waals surface area contributed by atoms with E-state index in [0.717, 1.165) is 39.5 Å². The van der Waals surface area contributed by atoms with Gasteiger partial charge in [-0.25, -0.2) is 4.98 Å². The van der Waals surface area contributed by atoms with E-state index in [-0.39, 0.29) is 0 Å². The summed E-state index contributed by atoms with van der Waals surface area (Å²) in [5.74, 6) is 0.373. The average molecular weight is 643 g/mol. The third-order valence-corrected chi connectivity index (χ3v) is 11.3. The fraction of sp³-hybridized carbons (Fsp3) is 0.0435. The first-order chi connectivity index (χ1) is 24.3. The van der Waals surface area contributed by atoms with Crippen LogP contribution in [-0.4, -0.2) is 9.97 Å². The number of benzene rings is 7. The Morgan fingerprint density at radius 1 is 0.531 bits per heavy atom. The molecule has 0 radical (unpaired) electrons. The molecular formula is C46H30N2S. The monoisotopic (exact) mass is 642 g/mol. The third kappa shape index (κ3) is 4.69. The van der Waals surface area contributed by atoms with E-state index in [9.17, 15) is 0 Å². The van der Waals surface area contributed by atoms with Gasteiger partial charge in [-0.1, -0.05) is 133 Å². The highest BCUT2D eigenvalue weighted by molar-refractivity contribution is 7.20. The lowest BCUT2D eigenvalue weighted by molar-refractivity contribution is 0.837. The van der Waals surface area contributed by atoms with Crippen LogP contribution in [0.1, 0.15) is 21.9 Å². The molecular weight excluding hydrogens is 613 g/mol. The molecule has 2 aromatic heterocycles. The summed E-state index contributed by atoms with van der Waals surface area (Å²) >= 11 is 1.91. The van der Waals surface area contributed by atoms with E-state index in [0.29, 0.717) is 5.92 Å². The normalized spacial score (nSPS) is 14.2. The summed E-state index contributed by atoms with van der Waals surface area (Å²) in [4.78, 5) is 11.7. The Hall–Kier alpha value is -5.90. The zero-order valence-electron chi connectivity index (χ0n) is 26.7. The summed E-state index contributed by atoms with van der Waals surface area (Å²) in [5.41, 5.74) is 11.6. The van der Waals surface area contributed by atoms with E-state index in [1.165, 1.54) is 59.1 Å². The first-order valence-corrected chi connectivity index (χ1v) is 17.7. The van der Waals surface area contributed by atoms with Gasteiger partial charge in [0.25, 0.3) is 0 Å². The minimum absolute atomic E-state index is 0.373. The highest BCUT2D eigenvalue weighted by atomic mass is 32.1. The zero-order valence-corrected chi connectivity index (χ0v) is 27.5. The largest absolute Gasteiger partial charge is 0.252 e. The number of thiophene rings is 1. The van der Waals surface area contributed by atoms with Crippen molar-refractivity contribution in [2.24, 2.45) is 0 Å². The standard InChI is InChI=1S/C46H30N2S/c1-3-12-29(13-4-1)31-22-23-43-40(25-31)41-27-34(30-14-5-2-6-15-30)26-39(46(41)49-43)32-16-11-17-33(24-32)42-28-47-44-37-20-9-7-18-35(37)36-19-8-10-21-38(36)45(44)48-42/h1-24,26-28,31H,25H2. The van der Waals surface area contributed by atoms with Crippen molar-refractivity contribution in [2.45, 2.75) is 12.3 Å². The van der Waals surface area contributed by atoms with Crippen LogP contribution in [0.2, 0.25) is 0 Å². The fourth-order valence-electron chi connectivity index (χ4n) is 7.65. The minimum Gasteiger partial charge on any atom is -0.252 e. The van der Waals surface area contributed by atoms with Gasteiger partial charge in [-0.05, 0) is 74.7 Å². The Labute approximate surface area is 288 Å². The molecule has 3 heteroatoms. The second-order valence-corrected chi connectivity index (χ2v) is 14.0. The van der Waals surface area contributed by atoms with Gasteiger partial charge in [-0.3, -0.25) is 4.98 Å². The van der Waals surface area contributed by atoms with Crippen LogP contribution in [0.15, 0.2) is 158 Å². The predicted molar refractivity (Wildman–Crippen MR) is 208 cm³/mol. The minimum atomic E-state index is 0.373. The highest BCUT2D eigenvalue weighted by Gasteiger charge is 2.23. The van der Waals surface area contributed by atoms with E-state index < -0.39 is 0 Å². The van der Waals surface area contributed by atoms with Gasteiger partial charge in [-0.15, -0.1) is 11.3 Å². The Morgan fingerprint density at radius 2 is 1.18 bits per heavy atom. The summed E-state index contributed by atoms with van der Waals surface area (Å²) in [7, 11) is 0. The van der Waals surface area contributed by atoms with Crippen LogP contribution in [0.3, 0.4) is 0 Å². The summed E-state index contributed by atoms with van der Waals surface area (Å²) in [6.07, 6.45) is 7.68. The molecule has 0 fully saturated rings. The lowest BCUT2D eigenvalue weighted by atomic mass is 9.86. The van der Waals surface area contributed by atoms with Crippen LogP contribution < -0.4 is 0 Å². The Bertz CT molecular complexity index is 2710. The molecule has 0 saturated carbocycles. The highest BCUT2D eigenvalue weighted by Crippen LogP contribution is 2.46. The van der Waals surface area contributed by atoms with Gasteiger partial charge in [-0.2, -0.15) is 0 Å². The molecule has 49 heavy (non-hydrogen) atoms. The van der Waals surface area contributed by atoms with Crippen molar-refractivity contribution >= 4 is 60.1 Å². The van der Waals surface area contributed by atoms with Crippen molar-refractivity contribution in [3.63, 3.8) is 0 Å².